The van der Waals surface area contributed by atoms with E-state index in [1.807, 2.05) is 0 Å². The molecule has 1 amide bonds. The average molecular weight is 502 g/mol. The van der Waals surface area contributed by atoms with Crippen LogP contribution < -0.4 is 15.4 Å². The summed E-state index contributed by atoms with van der Waals surface area (Å²) >= 11 is 0. The van der Waals surface area contributed by atoms with Gasteiger partial charge in [-0.15, -0.1) is 0 Å². The van der Waals surface area contributed by atoms with Crippen LogP contribution in [0.15, 0.2) is 12.1 Å². The van der Waals surface area contributed by atoms with Crippen LogP contribution in [0.3, 0.4) is 0 Å². The van der Waals surface area contributed by atoms with Crippen molar-refractivity contribution in [3.8, 4) is 5.88 Å². The minimum atomic E-state index is -4.58. The number of nitrogens with one attached hydrogen (secondary N) is 2. The number of alkyl halides is 3. The van der Waals surface area contributed by atoms with E-state index in [0.29, 0.717) is 32.1 Å². The number of halogens is 3. The van der Waals surface area contributed by atoms with Crippen LogP contribution in [0.25, 0.3) is 0 Å². The van der Waals surface area contributed by atoms with Crippen LogP contribution in [0.5, 0.6) is 5.88 Å². The zero-order valence-corrected chi connectivity index (χ0v) is 21.2. The third kappa shape index (κ3) is 7.07. The Bertz CT molecular complexity index is 889. The van der Waals surface area contributed by atoms with Crippen LogP contribution >= 0.6 is 0 Å². The number of aromatic nitrogens is 1. The molecule has 0 unspecified atom stereocenters. The van der Waals surface area contributed by atoms with Crippen LogP contribution in [0.1, 0.15) is 78.0 Å². The van der Waals surface area contributed by atoms with Crippen molar-refractivity contribution >= 4 is 5.91 Å². The predicted molar refractivity (Wildman–Crippen MR) is 125 cm³/mol. The highest BCUT2D eigenvalue weighted by atomic mass is 19.4. The number of carbonyl (C=O) groups is 1. The predicted octanol–water partition coefficient (Wildman–Crippen LogP) is 3.97. The van der Waals surface area contributed by atoms with E-state index < -0.39 is 34.3 Å². The second-order valence-electron chi connectivity index (χ2n) is 11.2. The van der Waals surface area contributed by atoms with E-state index >= 15 is 0 Å². The van der Waals surface area contributed by atoms with Crippen molar-refractivity contribution in [2.75, 3.05) is 13.2 Å². The molecule has 1 aromatic rings. The van der Waals surface area contributed by atoms with Crippen LogP contribution in [0, 0.1) is 5.41 Å². The SMILES string of the molecule is CC(C)(C)Oc1cc(C(F)(F)F)cc(CNC(=O)[C@]2(C(C)(C)O)CC[C@H](NC3CCOCC3)C2)n1. The Labute approximate surface area is 205 Å². The standard InChI is InChI=1S/C25H38F3N3O4/c1-22(2,3)35-20-13-16(25(26,27)28)12-19(31-20)15-29-21(32)24(23(4,5)33)9-6-18(14-24)30-17-7-10-34-11-8-17/h12-13,17-18,30,33H,6-11,14-15H2,1-5H3,(H,29,32)/t18-,24-/m0/s1. The molecule has 2 aliphatic rings. The number of pyridine rings is 1. The van der Waals surface area contributed by atoms with E-state index in [1.54, 1.807) is 34.6 Å². The molecule has 0 radical (unpaired) electrons. The van der Waals surface area contributed by atoms with Gasteiger partial charge in [0.15, 0.2) is 0 Å². The third-order valence-corrected chi connectivity index (χ3v) is 6.84. The second-order valence-corrected chi connectivity index (χ2v) is 11.2. The maximum absolute atomic E-state index is 13.5. The number of carbonyl (C=O) groups excluding carboxylic acids is 1. The zero-order chi connectivity index (χ0) is 26.1. The van der Waals surface area contributed by atoms with Crippen molar-refractivity contribution in [3.63, 3.8) is 0 Å². The van der Waals surface area contributed by atoms with Gasteiger partial charge in [0.2, 0.25) is 11.8 Å². The first-order chi connectivity index (χ1) is 16.1. The van der Waals surface area contributed by atoms with E-state index in [2.05, 4.69) is 15.6 Å². The maximum atomic E-state index is 13.5. The van der Waals surface area contributed by atoms with Gasteiger partial charge in [-0.1, -0.05) is 0 Å². The van der Waals surface area contributed by atoms with Gasteiger partial charge in [0.1, 0.15) is 5.60 Å². The molecular weight excluding hydrogens is 463 g/mol. The number of hydrogen-bond donors (Lipinski definition) is 3. The van der Waals surface area contributed by atoms with Gasteiger partial charge in [-0.3, -0.25) is 4.79 Å². The Morgan fingerprint density at radius 2 is 1.80 bits per heavy atom. The summed E-state index contributed by atoms with van der Waals surface area (Å²) in [6.45, 7) is 9.57. The van der Waals surface area contributed by atoms with Gasteiger partial charge in [-0.05, 0) is 72.8 Å². The topological polar surface area (TPSA) is 92.7 Å². The molecule has 198 valence electrons. The number of rotatable bonds is 7. The zero-order valence-electron chi connectivity index (χ0n) is 21.2. The summed E-state index contributed by atoms with van der Waals surface area (Å²) in [7, 11) is 0. The van der Waals surface area contributed by atoms with Gasteiger partial charge in [0.25, 0.3) is 0 Å². The van der Waals surface area contributed by atoms with Gasteiger partial charge in [-0.2, -0.15) is 13.2 Å². The van der Waals surface area contributed by atoms with Crippen LogP contribution in [-0.4, -0.2) is 52.5 Å². The van der Waals surface area contributed by atoms with E-state index in [1.165, 1.54) is 0 Å². The molecule has 7 nitrogen and oxygen atoms in total. The monoisotopic (exact) mass is 501 g/mol. The second kappa shape index (κ2) is 10.2. The summed E-state index contributed by atoms with van der Waals surface area (Å²) in [5.41, 5.74) is -3.98. The Hall–Kier alpha value is -1.91. The van der Waals surface area contributed by atoms with Crippen molar-refractivity contribution in [1.82, 2.24) is 15.6 Å². The lowest BCUT2D eigenvalue weighted by Gasteiger charge is -2.39. The molecule has 2 atom stereocenters. The molecule has 3 N–H and O–H groups in total. The molecule has 1 aromatic heterocycles. The minimum Gasteiger partial charge on any atom is -0.472 e. The van der Waals surface area contributed by atoms with Crippen molar-refractivity contribution < 1.29 is 32.5 Å². The van der Waals surface area contributed by atoms with Crippen LogP contribution in [-0.2, 0) is 22.3 Å². The first-order valence-corrected chi connectivity index (χ1v) is 12.2. The Morgan fingerprint density at radius 1 is 1.14 bits per heavy atom. The van der Waals surface area contributed by atoms with E-state index in [4.69, 9.17) is 9.47 Å². The summed E-state index contributed by atoms with van der Waals surface area (Å²) in [4.78, 5) is 17.6. The molecule has 2 heterocycles. The molecule has 1 aliphatic heterocycles. The van der Waals surface area contributed by atoms with Gasteiger partial charge >= 0.3 is 6.18 Å². The smallest absolute Gasteiger partial charge is 0.416 e. The van der Waals surface area contributed by atoms with Crippen LogP contribution in [0.2, 0.25) is 0 Å². The number of hydrogen-bond acceptors (Lipinski definition) is 6. The molecule has 0 aromatic carbocycles. The Morgan fingerprint density at radius 3 is 2.37 bits per heavy atom. The van der Waals surface area contributed by atoms with E-state index in [0.717, 1.165) is 31.4 Å². The number of ether oxygens (including phenoxy) is 2. The van der Waals surface area contributed by atoms with Gasteiger partial charge in [-0.25, -0.2) is 4.98 Å². The molecule has 2 fully saturated rings. The highest BCUT2D eigenvalue weighted by molar-refractivity contribution is 5.84. The summed E-state index contributed by atoms with van der Waals surface area (Å²) < 4.78 is 51.3. The molecule has 1 saturated carbocycles. The molecule has 1 aliphatic carbocycles. The highest BCUT2D eigenvalue weighted by Gasteiger charge is 2.54. The van der Waals surface area contributed by atoms with Crippen molar-refractivity contribution in [3.05, 3.63) is 23.4 Å². The molecule has 0 bridgehead atoms. The molecule has 35 heavy (non-hydrogen) atoms. The highest BCUT2D eigenvalue weighted by Crippen LogP contribution is 2.47. The number of nitrogens with zero attached hydrogens (tertiary/aromatic N) is 1. The fourth-order valence-electron chi connectivity index (χ4n) is 4.95. The maximum Gasteiger partial charge on any atom is 0.416 e. The van der Waals surface area contributed by atoms with Gasteiger partial charge < -0.3 is 25.2 Å². The van der Waals surface area contributed by atoms with Crippen LogP contribution in [0.4, 0.5) is 13.2 Å². The summed E-state index contributed by atoms with van der Waals surface area (Å²) in [6.07, 6.45) is -1.15. The molecule has 0 spiro atoms. The van der Waals surface area contributed by atoms with Crippen molar-refractivity contribution in [2.24, 2.45) is 5.41 Å². The lowest BCUT2D eigenvalue weighted by molar-refractivity contribution is -0.146. The molecular formula is C25H38F3N3O4. The molecule has 10 heteroatoms. The first kappa shape index (κ1) is 27.7. The van der Waals surface area contributed by atoms with Gasteiger partial charge in [0.05, 0.1) is 28.8 Å². The largest absolute Gasteiger partial charge is 0.472 e. The Kier molecular flexibility index (Phi) is 8.08. The summed E-state index contributed by atoms with van der Waals surface area (Å²) in [5, 5.41) is 17.3. The third-order valence-electron chi connectivity index (χ3n) is 6.84. The normalized spacial score (nSPS) is 24.4. The van der Waals surface area contributed by atoms with Crippen molar-refractivity contribution in [1.29, 1.82) is 0 Å². The number of aliphatic hydroxyl groups is 1. The lowest BCUT2D eigenvalue weighted by atomic mass is 9.71. The first-order valence-electron chi connectivity index (χ1n) is 12.2. The van der Waals surface area contributed by atoms with Gasteiger partial charge in [0, 0.05) is 31.4 Å². The van der Waals surface area contributed by atoms with Crippen molar-refractivity contribution in [2.45, 2.75) is 103 Å². The van der Waals surface area contributed by atoms with E-state index in [9.17, 15) is 23.1 Å². The molecule has 1 saturated heterocycles. The Balaban J connectivity index is 1.75. The minimum absolute atomic E-state index is 0.0354. The fraction of sp³-hybridized carbons (Fsp3) is 0.760. The fourth-order valence-corrected chi connectivity index (χ4v) is 4.95. The summed E-state index contributed by atoms with van der Waals surface area (Å²) in [5.74, 6) is -0.547. The van der Waals surface area contributed by atoms with E-state index in [-0.39, 0.29) is 24.2 Å². The average Bonchev–Trinajstić information content (AvgIpc) is 3.16. The quantitative estimate of drug-likeness (QED) is 0.524. The number of amides is 1. The molecule has 3 rings (SSSR count). The lowest BCUT2D eigenvalue weighted by Crippen LogP contribution is -2.53. The summed E-state index contributed by atoms with van der Waals surface area (Å²) in [6, 6.07) is 2.15.